The van der Waals surface area contributed by atoms with Gasteiger partial charge in [0.1, 0.15) is 11.5 Å². The molecule has 31 heavy (non-hydrogen) atoms. The summed E-state index contributed by atoms with van der Waals surface area (Å²) in [5.74, 6) is 1.32. The van der Waals surface area contributed by atoms with Crippen LogP contribution in [0.4, 0.5) is 4.39 Å². The molecule has 1 N–H and O–H groups in total. The van der Waals surface area contributed by atoms with E-state index in [4.69, 9.17) is 14.0 Å². The molecule has 0 atom stereocenters. The van der Waals surface area contributed by atoms with Crippen LogP contribution in [0.2, 0.25) is 0 Å². The molecule has 0 aliphatic carbocycles. The summed E-state index contributed by atoms with van der Waals surface area (Å²) < 4.78 is 31.3. The van der Waals surface area contributed by atoms with Crippen molar-refractivity contribution in [3.63, 3.8) is 0 Å². The topological polar surface area (TPSA) is 91.4 Å². The van der Waals surface area contributed by atoms with Crippen molar-refractivity contribution in [3.8, 4) is 34.5 Å². The molecule has 4 aromatic rings. The Morgan fingerprint density at radius 3 is 2.90 bits per heavy atom. The Labute approximate surface area is 176 Å². The third kappa shape index (κ3) is 3.85. The standard InChI is InChI=1S/C22H17FN4O4/c23-16-4-1-3-15(11-16)21(28)24-8-10-27-9-2-5-17(27)22-25-20(26-31-22)14-6-7-18-19(12-14)30-13-29-18/h1-7,9,11-12H,8,10,13H2,(H,24,28). The van der Waals surface area contributed by atoms with E-state index >= 15 is 0 Å². The molecule has 0 unspecified atom stereocenters. The average molecular weight is 420 g/mol. The summed E-state index contributed by atoms with van der Waals surface area (Å²) in [6.07, 6.45) is 1.86. The quantitative estimate of drug-likeness (QED) is 0.513. The monoisotopic (exact) mass is 420 g/mol. The van der Waals surface area contributed by atoms with Gasteiger partial charge in [0.2, 0.25) is 12.6 Å². The van der Waals surface area contributed by atoms with E-state index in [2.05, 4.69) is 15.5 Å². The number of fused-ring (bicyclic) bond motifs is 1. The highest BCUT2D eigenvalue weighted by Gasteiger charge is 2.18. The van der Waals surface area contributed by atoms with Gasteiger partial charge in [0.25, 0.3) is 11.8 Å². The van der Waals surface area contributed by atoms with Crippen LogP contribution in [0.1, 0.15) is 10.4 Å². The smallest absolute Gasteiger partial charge is 0.274 e. The van der Waals surface area contributed by atoms with Crippen LogP contribution in [0.5, 0.6) is 11.5 Å². The number of carbonyl (C=O) groups excluding carboxylic acids is 1. The molecular weight excluding hydrogens is 403 g/mol. The van der Waals surface area contributed by atoms with Gasteiger partial charge in [0, 0.05) is 30.4 Å². The molecule has 1 aliphatic rings. The number of nitrogens with one attached hydrogen (secondary N) is 1. The summed E-state index contributed by atoms with van der Waals surface area (Å²) in [6, 6.07) is 14.7. The van der Waals surface area contributed by atoms with Crippen LogP contribution in [0.3, 0.4) is 0 Å². The minimum absolute atomic E-state index is 0.194. The SMILES string of the molecule is O=C(NCCn1cccc1-c1nc(-c2ccc3c(c2)OCO3)no1)c1cccc(F)c1. The zero-order valence-corrected chi connectivity index (χ0v) is 16.2. The van der Waals surface area contributed by atoms with Crippen LogP contribution < -0.4 is 14.8 Å². The fraction of sp³-hybridized carbons (Fsp3) is 0.136. The summed E-state index contributed by atoms with van der Waals surface area (Å²) in [6.45, 7) is 1.02. The highest BCUT2D eigenvalue weighted by molar-refractivity contribution is 5.94. The number of carbonyl (C=O) groups is 1. The van der Waals surface area contributed by atoms with Crippen molar-refractivity contribution in [3.05, 3.63) is 72.2 Å². The molecular formula is C22H17FN4O4. The number of nitrogens with zero attached hydrogens (tertiary/aromatic N) is 3. The molecule has 1 amide bonds. The van der Waals surface area contributed by atoms with Crippen LogP contribution >= 0.6 is 0 Å². The van der Waals surface area contributed by atoms with Gasteiger partial charge in [-0.3, -0.25) is 4.79 Å². The van der Waals surface area contributed by atoms with Crippen molar-refractivity contribution in [1.29, 1.82) is 0 Å². The second kappa shape index (κ2) is 7.94. The van der Waals surface area contributed by atoms with Gasteiger partial charge in [-0.2, -0.15) is 4.98 Å². The maximum Gasteiger partial charge on any atom is 0.274 e. The zero-order chi connectivity index (χ0) is 21.2. The van der Waals surface area contributed by atoms with E-state index in [9.17, 15) is 9.18 Å². The van der Waals surface area contributed by atoms with Gasteiger partial charge < -0.3 is 23.9 Å². The third-order valence-corrected chi connectivity index (χ3v) is 4.83. The second-order valence-corrected chi connectivity index (χ2v) is 6.84. The zero-order valence-electron chi connectivity index (χ0n) is 16.2. The predicted molar refractivity (Wildman–Crippen MR) is 108 cm³/mol. The van der Waals surface area contributed by atoms with Gasteiger partial charge in [0.05, 0.1) is 0 Å². The van der Waals surface area contributed by atoms with Crippen LogP contribution in [0.15, 0.2) is 65.3 Å². The number of amides is 1. The maximum atomic E-state index is 13.3. The number of benzene rings is 2. The first-order chi connectivity index (χ1) is 15.2. The molecule has 1 aliphatic heterocycles. The van der Waals surface area contributed by atoms with Crippen LogP contribution in [0.25, 0.3) is 23.0 Å². The van der Waals surface area contributed by atoms with Crippen molar-refractivity contribution in [1.82, 2.24) is 20.0 Å². The molecule has 0 fully saturated rings. The van der Waals surface area contributed by atoms with Crippen molar-refractivity contribution in [2.24, 2.45) is 0 Å². The molecule has 8 nitrogen and oxygen atoms in total. The molecule has 0 bridgehead atoms. The molecule has 3 heterocycles. The highest BCUT2D eigenvalue weighted by atomic mass is 19.1. The summed E-state index contributed by atoms with van der Waals surface area (Å²) in [5.41, 5.74) is 1.75. The van der Waals surface area contributed by atoms with Crippen molar-refractivity contribution >= 4 is 5.91 Å². The minimum Gasteiger partial charge on any atom is -0.454 e. The number of aromatic nitrogens is 3. The molecule has 5 rings (SSSR count). The highest BCUT2D eigenvalue weighted by Crippen LogP contribution is 2.35. The first-order valence-corrected chi connectivity index (χ1v) is 9.60. The van der Waals surface area contributed by atoms with Gasteiger partial charge in [-0.05, 0) is 48.5 Å². The summed E-state index contributed by atoms with van der Waals surface area (Å²) in [4.78, 5) is 16.7. The van der Waals surface area contributed by atoms with E-state index in [1.807, 2.05) is 29.0 Å². The number of halogens is 1. The number of rotatable bonds is 6. The van der Waals surface area contributed by atoms with Crippen molar-refractivity contribution in [2.75, 3.05) is 13.3 Å². The van der Waals surface area contributed by atoms with E-state index < -0.39 is 5.82 Å². The van der Waals surface area contributed by atoms with Gasteiger partial charge in [0.15, 0.2) is 11.5 Å². The van der Waals surface area contributed by atoms with Gasteiger partial charge in [-0.15, -0.1) is 0 Å². The lowest BCUT2D eigenvalue weighted by molar-refractivity contribution is 0.0952. The Morgan fingerprint density at radius 2 is 2.00 bits per heavy atom. The molecule has 156 valence electrons. The number of ether oxygens (including phenoxy) is 2. The molecule has 9 heteroatoms. The van der Waals surface area contributed by atoms with Gasteiger partial charge in [-0.25, -0.2) is 4.39 Å². The van der Waals surface area contributed by atoms with Crippen molar-refractivity contribution in [2.45, 2.75) is 6.54 Å². The summed E-state index contributed by atoms with van der Waals surface area (Å²) in [5, 5.41) is 6.84. The lowest BCUT2D eigenvalue weighted by Crippen LogP contribution is -2.27. The van der Waals surface area contributed by atoms with Crippen LogP contribution in [-0.2, 0) is 6.54 Å². The Hall–Kier alpha value is -4.14. The Kier molecular flexibility index (Phi) is 4.83. The average Bonchev–Trinajstić information content (AvgIpc) is 3.53. The minimum atomic E-state index is -0.449. The molecule has 0 saturated carbocycles. The third-order valence-electron chi connectivity index (χ3n) is 4.83. The molecule has 0 spiro atoms. The number of hydrogen-bond donors (Lipinski definition) is 1. The van der Waals surface area contributed by atoms with Crippen LogP contribution in [-0.4, -0.2) is 34.0 Å². The van der Waals surface area contributed by atoms with E-state index in [1.54, 1.807) is 18.2 Å². The second-order valence-electron chi connectivity index (χ2n) is 6.84. The lowest BCUT2D eigenvalue weighted by atomic mass is 10.2. The summed E-state index contributed by atoms with van der Waals surface area (Å²) in [7, 11) is 0. The van der Waals surface area contributed by atoms with Gasteiger partial charge in [-0.1, -0.05) is 11.2 Å². The van der Waals surface area contributed by atoms with E-state index in [0.717, 1.165) is 11.3 Å². The molecule has 2 aromatic carbocycles. The normalized spacial score (nSPS) is 12.2. The summed E-state index contributed by atoms with van der Waals surface area (Å²) >= 11 is 0. The van der Waals surface area contributed by atoms with Crippen LogP contribution in [0, 0.1) is 5.82 Å². The maximum absolute atomic E-state index is 13.3. The van der Waals surface area contributed by atoms with E-state index in [-0.39, 0.29) is 18.3 Å². The fourth-order valence-corrected chi connectivity index (χ4v) is 3.31. The lowest BCUT2D eigenvalue weighted by Gasteiger charge is -2.08. The van der Waals surface area contributed by atoms with E-state index in [1.165, 1.54) is 18.2 Å². The first-order valence-electron chi connectivity index (χ1n) is 9.60. The number of hydrogen-bond acceptors (Lipinski definition) is 6. The molecule has 0 radical (unpaired) electrons. The van der Waals surface area contributed by atoms with Gasteiger partial charge >= 0.3 is 0 Å². The Morgan fingerprint density at radius 1 is 1.10 bits per heavy atom. The molecule has 2 aromatic heterocycles. The van der Waals surface area contributed by atoms with E-state index in [0.29, 0.717) is 36.3 Å². The first kappa shape index (κ1) is 18.9. The Balaban J connectivity index is 1.27. The predicted octanol–water partition coefficient (Wildman–Crippen LogP) is 3.50. The fourth-order valence-electron chi connectivity index (χ4n) is 3.31. The molecule has 0 saturated heterocycles. The largest absolute Gasteiger partial charge is 0.454 e. The van der Waals surface area contributed by atoms with Crippen molar-refractivity contribution < 1.29 is 23.2 Å². The Bertz CT molecular complexity index is 1250.